The van der Waals surface area contributed by atoms with Crippen molar-refractivity contribution in [2.75, 3.05) is 26.7 Å². The first-order valence-electron chi connectivity index (χ1n) is 8.83. The third-order valence-electron chi connectivity index (χ3n) is 4.68. The van der Waals surface area contributed by atoms with Crippen molar-refractivity contribution >= 4 is 5.91 Å². The van der Waals surface area contributed by atoms with Gasteiger partial charge in [0.25, 0.3) is 0 Å². The van der Waals surface area contributed by atoms with E-state index in [2.05, 4.69) is 25.9 Å². The number of hydrogen-bond acceptors (Lipinski definition) is 5. The van der Waals surface area contributed by atoms with Gasteiger partial charge in [-0.1, -0.05) is 6.07 Å². The number of nitrogens with zero attached hydrogens (tertiary/aromatic N) is 5. The average molecular weight is 339 g/mol. The van der Waals surface area contributed by atoms with Crippen molar-refractivity contribution < 1.29 is 4.79 Å². The summed E-state index contributed by atoms with van der Waals surface area (Å²) in [5.74, 6) is 0.561. The third-order valence-corrected chi connectivity index (χ3v) is 4.68. The number of hydrogen-bond donors (Lipinski definition) is 0. The van der Waals surface area contributed by atoms with Crippen molar-refractivity contribution in [3.8, 4) is 0 Å². The molecule has 1 aliphatic rings. The van der Waals surface area contributed by atoms with Gasteiger partial charge >= 0.3 is 0 Å². The van der Waals surface area contributed by atoms with E-state index in [1.165, 1.54) is 5.56 Å². The molecular formula is C19H25N5O. The van der Waals surface area contributed by atoms with Gasteiger partial charge in [-0.05, 0) is 37.6 Å². The lowest BCUT2D eigenvalue weighted by Gasteiger charge is -2.33. The second-order valence-corrected chi connectivity index (χ2v) is 6.66. The van der Waals surface area contributed by atoms with Crippen LogP contribution < -0.4 is 0 Å². The minimum Gasteiger partial charge on any atom is -0.342 e. The van der Waals surface area contributed by atoms with E-state index in [-0.39, 0.29) is 5.91 Å². The van der Waals surface area contributed by atoms with Crippen molar-refractivity contribution in [2.45, 2.75) is 31.7 Å². The predicted molar refractivity (Wildman–Crippen MR) is 95.8 cm³/mol. The van der Waals surface area contributed by atoms with Crippen molar-refractivity contribution in [3.05, 3.63) is 54.4 Å². The van der Waals surface area contributed by atoms with Crippen LogP contribution >= 0.6 is 0 Å². The highest BCUT2D eigenvalue weighted by Gasteiger charge is 2.25. The first kappa shape index (κ1) is 17.5. The minimum absolute atomic E-state index is 0.233. The van der Waals surface area contributed by atoms with Crippen LogP contribution in [-0.4, -0.2) is 57.3 Å². The Hall–Kier alpha value is -2.34. The Morgan fingerprint density at radius 2 is 2.24 bits per heavy atom. The largest absolute Gasteiger partial charge is 0.342 e. The summed E-state index contributed by atoms with van der Waals surface area (Å²) in [6.45, 7) is 3.18. The number of aromatic nitrogens is 3. The molecule has 1 fully saturated rings. The molecule has 1 amide bonds. The van der Waals surface area contributed by atoms with Gasteiger partial charge in [0.2, 0.25) is 5.91 Å². The van der Waals surface area contributed by atoms with Gasteiger partial charge in [-0.25, -0.2) is 9.97 Å². The average Bonchev–Trinajstić information content (AvgIpc) is 2.68. The summed E-state index contributed by atoms with van der Waals surface area (Å²) in [6.07, 6.45) is 9.67. The predicted octanol–water partition coefficient (Wildman–Crippen LogP) is 2.10. The molecule has 0 aliphatic carbocycles. The van der Waals surface area contributed by atoms with Crippen molar-refractivity contribution in [1.82, 2.24) is 24.8 Å². The summed E-state index contributed by atoms with van der Waals surface area (Å²) >= 11 is 0. The number of pyridine rings is 1. The lowest BCUT2D eigenvalue weighted by Crippen LogP contribution is -2.40. The minimum atomic E-state index is 0.233. The van der Waals surface area contributed by atoms with E-state index in [4.69, 9.17) is 0 Å². The van der Waals surface area contributed by atoms with E-state index in [1.807, 2.05) is 30.3 Å². The lowest BCUT2D eigenvalue weighted by molar-refractivity contribution is -0.132. The zero-order valence-corrected chi connectivity index (χ0v) is 14.7. The van der Waals surface area contributed by atoms with Gasteiger partial charge in [-0.3, -0.25) is 9.78 Å². The van der Waals surface area contributed by atoms with Crippen LogP contribution in [0.3, 0.4) is 0 Å². The molecule has 3 heterocycles. The van der Waals surface area contributed by atoms with E-state index >= 15 is 0 Å². The van der Waals surface area contributed by atoms with Gasteiger partial charge in [0.05, 0.1) is 0 Å². The number of likely N-dealkylation sites (tertiary alicyclic amines) is 1. The Bertz CT molecular complexity index is 664. The molecule has 132 valence electrons. The number of carbonyl (C=O) groups is 1. The van der Waals surface area contributed by atoms with E-state index in [9.17, 15) is 4.79 Å². The summed E-state index contributed by atoms with van der Waals surface area (Å²) in [5, 5.41) is 0. The normalized spacial score (nSPS) is 17.7. The monoisotopic (exact) mass is 339 g/mol. The maximum Gasteiger partial charge on any atom is 0.223 e. The lowest BCUT2D eigenvalue weighted by atomic mass is 9.94. The molecule has 1 saturated heterocycles. The molecule has 0 N–H and O–H groups in total. The van der Waals surface area contributed by atoms with Crippen molar-refractivity contribution in [1.29, 1.82) is 0 Å². The number of rotatable bonds is 6. The van der Waals surface area contributed by atoms with Gasteiger partial charge in [-0.2, -0.15) is 0 Å². The Morgan fingerprint density at radius 3 is 3.00 bits per heavy atom. The second kappa shape index (κ2) is 8.67. The molecule has 1 aliphatic heterocycles. The van der Waals surface area contributed by atoms with Crippen molar-refractivity contribution in [3.63, 3.8) is 0 Å². The Kier molecular flexibility index (Phi) is 6.06. The van der Waals surface area contributed by atoms with E-state index < -0.39 is 0 Å². The van der Waals surface area contributed by atoms with Crippen LogP contribution in [0.1, 0.15) is 36.4 Å². The zero-order valence-electron chi connectivity index (χ0n) is 14.7. The molecule has 6 nitrogen and oxygen atoms in total. The molecule has 2 aromatic heterocycles. The van der Waals surface area contributed by atoms with Crippen molar-refractivity contribution in [2.24, 2.45) is 0 Å². The van der Waals surface area contributed by atoms with Crippen LogP contribution in [0.2, 0.25) is 0 Å². The SMILES string of the molecule is CN(CCC(=O)N1CCC[C@H](c2ccncn2)C1)Cc1cccnc1. The number of carbonyl (C=O) groups excluding carboxylic acids is 1. The highest BCUT2D eigenvalue weighted by atomic mass is 16.2. The second-order valence-electron chi connectivity index (χ2n) is 6.66. The standard InChI is InChI=1S/C19H25N5O/c1-23(13-16-4-2-8-20-12-16)11-7-19(25)24-10-3-5-17(14-24)18-6-9-21-15-22-18/h2,4,6,8-9,12,15,17H,3,5,7,10-11,13-14H2,1H3/t17-/m0/s1. The molecule has 0 unspecified atom stereocenters. The van der Waals surface area contributed by atoms with Crippen LogP contribution in [0.15, 0.2) is 43.1 Å². The molecule has 0 saturated carbocycles. The third kappa shape index (κ3) is 5.06. The van der Waals surface area contributed by atoms with Crippen LogP contribution in [0.25, 0.3) is 0 Å². The molecule has 0 aromatic carbocycles. The van der Waals surface area contributed by atoms with Crippen LogP contribution in [-0.2, 0) is 11.3 Å². The highest BCUT2D eigenvalue weighted by Crippen LogP contribution is 2.25. The smallest absolute Gasteiger partial charge is 0.223 e. The fraction of sp³-hybridized carbons (Fsp3) is 0.474. The molecule has 6 heteroatoms. The molecule has 0 spiro atoms. The van der Waals surface area contributed by atoms with Crippen LogP contribution in [0, 0.1) is 0 Å². The summed E-state index contributed by atoms with van der Waals surface area (Å²) < 4.78 is 0. The fourth-order valence-electron chi connectivity index (χ4n) is 3.31. The topological polar surface area (TPSA) is 62.2 Å². The molecule has 0 bridgehead atoms. The Labute approximate surface area is 148 Å². The molecule has 3 rings (SSSR count). The maximum absolute atomic E-state index is 12.6. The quantitative estimate of drug-likeness (QED) is 0.806. The van der Waals surface area contributed by atoms with Crippen LogP contribution in [0.4, 0.5) is 0 Å². The molecule has 0 radical (unpaired) electrons. The van der Waals surface area contributed by atoms with Crippen LogP contribution in [0.5, 0.6) is 0 Å². The first-order valence-corrected chi connectivity index (χ1v) is 8.83. The highest BCUT2D eigenvalue weighted by molar-refractivity contribution is 5.76. The summed E-state index contributed by atoms with van der Waals surface area (Å²) in [7, 11) is 2.04. The van der Waals surface area contributed by atoms with Gasteiger partial charge in [-0.15, -0.1) is 0 Å². The number of piperidine rings is 1. The number of amides is 1. The molecular weight excluding hydrogens is 314 g/mol. The first-order chi connectivity index (χ1) is 12.2. The van der Waals surface area contributed by atoms with Gasteiger partial charge in [0.1, 0.15) is 6.33 Å². The molecule has 2 aromatic rings. The Balaban J connectivity index is 1.47. The molecule has 25 heavy (non-hydrogen) atoms. The van der Waals surface area contributed by atoms with Gasteiger partial charge in [0.15, 0.2) is 0 Å². The van der Waals surface area contributed by atoms with E-state index in [1.54, 1.807) is 18.7 Å². The van der Waals surface area contributed by atoms with E-state index in [0.717, 1.165) is 44.7 Å². The van der Waals surface area contributed by atoms with E-state index in [0.29, 0.717) is 12.3 Å². The fourth-order valence-corrected chi connectivity index (χ4v) is 3.31. The Morgan fingerprint density at radius 1 is 1.32 bits per heavy atom. The van der Waals surface area contributed by atoms with Gasteiger partial charge in [0, 0.05) is 62.8 Å². The maximum atomic E-state index is 12.6. The summed E-state index contributed by atoms with van der Waals surface area (Å²) in [6, 6.07) is 5.96. The molecule has 1 atom stereocenters. The summed E-state index contributed by atoms with van der Waals surface area (Å²) in [5.41, 5.74) is 2.21. The van der Waals surface area contributed by atoms with Gasteiger partial charge < -0.3 is 9.80 Å². The zero-order chi connectivity index (χ0) is 17.5. The summed E-state index contributed by atoms with van der Waals surface area (Å²) in [4.78, 5) is 29.2.